The molecular formula is C19H18F4N6. The van der Waals surface area contributed by atoms with Gasteiger partial charge in [0.15, 0.2) is 5.69 Å². The molecule has 6 nitrogen and oxygen atoms in total. The van der Waals surface area contributed by atoms with Crippen LogP contribution in [0.3, 0.4) is 0 Å². The van der Waals surface area contributed by atoms with Gasteiger partial charge in [-0.25, -0.2) is 20.1 Å². The fraction of sp³-hybridized carbons (Fsp3) is 0.263. The largest absolute Gasteiger partial charge is 0.433 e. The van der Waals surface area contributed by atoms with E-state index in [-0.39, 0.29) is 17.2 Å². The molecular weight excluding hydrogens is 388 g/mol. The second-order valence-electron chi connectivity index (χ2n) is 6.29. The van der Waals surface area contributed by atoms with Crippen LogP contribution in [0, 0.1) is 12.9 Å². The predicted molar refractivity (Wildman–Crippen MR) is 101 cm³/mol. The zero-order valence-electron chi connectivity index (χ0n) is 15.9. The molecule has 10 heteroatoms. The van der Waals surface area contributed by atoms with E-state index in [4.69, 9.17) is 0 Å². The molecule has 0 radical (unpaired) electrons. The average molecular weight is 406 g/mol. The third-order valence-electron chi connectivity index (χ3n) is 4.23. The summed E-state index contributed by atoms with van der Waals surface area (Å²) in [6, 6.07) is 7.92. The van der Waals surface area contributed by atoms with Crippen LogP contribution in [-0.4, -0.2) is 26.0 Å². The molecule has 0 saturated heterocycles. The fourth-order valence-electron chi connectivity index (χ4n) is 2.65. The SMILES string of the molecule is CCc1ccc(-c2cc(C(F)(F)F)nc(N/N=C\c3c(C)nn(C)c3F)n2)cc1. The summed E-state index contributed by atoms with van der Waals surface area (Å²) in [5.41, 5.74) is 3.39. The summed E-state index contributed by atoms with van der Waals surface area (Å²) in [4.78, 5) is 7.57. The van der Waals surface area contributed by atoms with E-state index >= 15 is 0 Å². The number of nitrogens with one attached hydrogen (secondary N) is 1. The average Bonchev–Trinajstić information content (AvgIpc) is 2.93. The normalized spacial score (nSPS) is 12.0. The summed E-state index contributed by atoms with van der Waals surface area (Å²) in [6.45, 7) is 3.57. The summed E-state index contributed by atoms with van der Waals surface area (Å²) >= 11 is 0. The molecule has 0 amide bonds. The fourth-order valence-corrected chi connectivity index (χ4v) is 2.65. The minimum absolute atomic E-state index is 0.0939. The van der Waals surface area contributed by atoms with Gasteiger partial charge in [0.05, 0.1) is 23.2 Å². The predicted octanol–water partition coefficient (Wildman–Crippen LogP) is 4.35. The van der Waals surface area contributed by atoms with Crippen molar-refractivity contribution in [1.29, 1.82) is 0 Å². The van der Waals surface area contributed by atoms with E-state index in [0.29, 0.717) is 11.3 Å². The summed E-state index contributed by atoms with van der Waals surface area (Å²) in [6.07, 6.45) is -2.73. The van der Waals surface area contributed by atoms with Crippen LogP contribution in [-0.2, 0) is 19.6 Å². The van der Waals surface area contributed by atoms with Crippen molar-refractivity contribution in [3.05, 3.63) is 58.8 Å². The number of halogens is 4. The highest BCUT2D eigenvalue weighted by atomic mass is 19.4. The molecule has 3 aromatic rings. The topological polar surface area (TPSA) is 68.0 Å². The van der Waals surface area contributed by atoms with E-state index in [1.165, 1.54) is 7.05 Å². The van der Waals surface area contributed by atoms with Crippen molar-refractivity contribution in [3.63, 3.8) is 0 Å². The molecule has 0 bridgehead atoms. The van der Waals surface area contributed by atoms with Gasteiger partial charge in [0.2, 0.25) is 11.9 Å². The zero-order chi connectivity index (χ0) is 21.2. The lowest BCUT2D eigenvalue weighted by Crippen LogP contribution is -2.11. The van der Waals surface area contributed by atoms with Crippen LogP contribution in [0.15, 0.2) is 35.4 Å². The highest BCUT2D eigenvalue weighted by Gasteiger charge is 2.33. The van der Waals surface area contributed by atoms with Gasteiger partial charge >= 0.3 is 6.18 Å². The van der Waals surface area contributed by atoms with Crippen LogP contribution in [0.1, 0.15) is 29.4 Å². The quantitative estimate of drug-likeness (QED) is 0.389. The number of alkyl halides is 3. The Labute approximate surface area is 164 Å². The van der Waals surface area contributed by atoms with E-state index in [0.717, 1.165) is 28.9 Å². The molecule has 0 unspecified atom stereocenters. The molecule has 1 aromatic carbocycles. The van der Waals surface area contributed by atoms with Crippen molar-refractivity contribution in [2.45, 2.75) is 26.4 Å². The maximum atomic E-state index is 13.9. The Hall–Kier alpha value is -3.30. The van der Waals surface area contributed by atoms with Gasteiger partial charge < -0.3 is 0 Å². The van der Waals surface area contributed by atoms with E-state index in [2.05, 4.69) is 25.6 Å². The molecule has 3 rings (SSSR count). The lowest BCUT2D eigenvalue weighted by molar-refractivity contribution is -0.141. The first-order valence-corrected chi connectivity index (χ1v) is 8.72. The molecule has 0 aliphatic carbocycles. The van der Waals surface area contributed by atoms with Crippen molar-refractivity contribution in [2.24, 2.45) is 12.1 Å². The summed E-state index contributed by atoms with van der Waals surface area (Å²) in [5, 5.41) is 7.66. The molecule has 0 spiro atoms. The summed E-state index contributed by atoms with van der Waals surface area (Å²) in [5.74, 6) is -0.970. The molecule has 0 aliphatic heterocycles. The minimum Gasteiger partial charge on any atom is -0.245 e. The molecule has 29 heavy (non-hydrogen) atoms. The monoisotopic (exact) mass is 406 g/mol. The van der Waals surface area contributed by atoms with Gasteiger partial charge in [0.25, 0.3) is 0 Å². The zero-order valence-corrected chi connectivity index (χ0v) is 15.9. The first-order valence-electron chi connectivity index (χ1n) is 8.72. The number of hydrogen-bond donors (Lipinski definition) is 1. The molecule has 1 N–H and O–H groups in total. The molecule has 2 aromatic heterocycles. The van der Waals surface area contributed by atoms with Crippen LogP contribution >= 0.6 is 0 Å². The first kappa shape index (κ1) is 20.4. The Morgan fingerprint density at radius 1 is 1.17 bits per heavy atom. The Balaban J connectivity index is 1.94. The summed E-state index contributed by atoms with van der Waals surface area (Å²) < 4.78 is 54.7. The number of nitrogens with zero attached hydrogens (tertiary/aromatic N) is 5. The van der Waals surface area contributed by atoms with Gasteiger partial charge in [0, 0.05) is 12.6 Å². The highest BCUT2D eigenvalue weighted by Crippen LogP contribution is 2.31. The number of hydrogen-bond acceptors (Lipinski definition) is 5. The Kier molecular flexibility index (Phi) is 5.62. The standard InChI is InChI=1S/C19H18F4N6/c1-4-12-5-7-13(8-6-12)15-9-16(19(21,22)23)26-18(25-15)27-24-10-14-11(2)28-29(3)17(14)20/h5-10H,4H2,1-3H3,(H,25,26,27)/b24-10-. The maximum Gasteiger partial charge on any atom is 0.433 e. The van der Waals surface area contributed by atoms with Crippen LogP contribution in [0.25, 0.3) is 11.3 Å². The van der Waals surface area contributed by atoms with Gasteiger partial charge in [-0.2, -0.15) is 27.8 Å². The third kappa shape index (κ3) is 4.58. The second kappa shape index (κ2) is 7.98. The smallest absolute Gasteiger partial charge is 0.245 e. The van der Waals surface area contributed by atoms with Gasteiger partial charge in [0.1, 0.15) is 0 Å². The molecule has 152 valence electrons. The van der Waals surface area contributed by atoms with E-state index in [9.17, 15) is 17.6 Å². The number of aryl methyl sites for hydroxylation is 3. The number of hydrazone groups is 1. The lowest BCUT2D eigenvalue weighted by atomic mass is 10.1. The van der Waals surface area contributed by atoms with E-state index in [1.807, 2.05) is 19.1 Å². The number of aromatic nitrogens is 4. The van der Waals surface area contributed by atoms with Crippen molar-refractivity contribution in [1.82, 2.24) is 19.7 Å². The van der Waals surface area contributed by atoms with Crippen LogP contribution < -0.4 is 5.43 Å². The molecule has 0 aliphatic rings. The van der Waals surface area contributed by atoms with Gasteiger partial charge in [-0.3, -0.25) is 0 Å². The Bertz CT molecular complexity index is 1040. The van der Waals surface area contributed by atoms with E-state index < -0.39 is 17.8 Å². The van der Waals surface area contributed by atoms with Crippen molar-refractivity contribution < 1.29 is 17.6 Å². The van der Waals surface area contributed by atoms with Crippen LogP contribution in [0.4, 0.5) is 23.5 Å². The number of anilines is 1. The maximum absolute atomic E-state index is 13.9. The van der Waals surface area contributed by atoms with Gasteiger partial charge in [-0.15, -0.1) is 0 Å². The van der Waals surface area contributed by atoms with Gasteiger partial charge in [-0.1, -0.05) is 31.2 Å². The number of benzene rings is 1. The molecule has 0 atom stereocenters. The lowest BCUT2D eigenvalue weighted by Gasteiger charge is -2.10. The van der Waals surface area contributed by atoms with Gasteiger partial charge in [-0.05, 0) is 25.0 Å². The Morgan fingerprint density at radius 3 is 2.41 bits per heavy atom. The van der Waals surface area contributed by atoms with Crippen molar-refractivity contribution in [3.8, 4) is 11.3 Å². The Morgan fingerprint density at radius 2 is 1.86 bits per heavy atom. The van der Waals surface area contributed by atoms with Crippen molar-refractivity contribution >= 4 is 12.2 Å². The van der Waals surface area contributed by atoms with E-state index in [1.54, 1.807) is 19.1 Å². The van der Waals surface area contributed by atoms with Crippen molar-refractivity contribution in [2.75, 3.05) is 5.43 Å². The third-order valence-corrected chi connectivity index (χ3v) is 4.23. The van der Waals surface area contributed by atoms with Crippen LogP contribution in [0.5, 0.6) is 0 Å². The highest BCUT2D eigenvalue weighted by molar-refractivity contribution is 5.81. The first-order chi connectivity index (χ1) is 13.7. The molecule has 2 heterocycles. The minimum atomic E-state index is -4.66. The molecule has 0 fully saturated rings. The number of rotatable bonds is 5. The van der Waals surface area contributed by atoms with Crippen LogP contribution in [0.2, 0.25) is 0 Å². The second-order valence-corrected chi connectivity index (χ2v) is 6.29. The molecule has 0 saturated carbocycles. The summed E-state index contributed by atoms with van der Waals surface area (Å²) in [7, 11) is 1.43.